The topological polar surface area (TPSA) is 31.9 Å². The van der Waals surface area contributed by atoms with E-state index >= 15 is 0 Å². The minimum absolute atomic E-state index is 0. The van der Waals surface area contributed by atoms with Crippen molar-refractivity contribution in [2.45, 2.75) is 33.7 Å². The quantitative estimate of drug-likeness (QED) is 0.132. The van der Waals surface area contributed by atoms with Crippen LogP contribution in [0.15, 0.2) is 134 Å². The zero-order valence-corrected chi connectivity index (χ0v) is 29.3. The first-order chi connectivity index (χ1) is 20.2. The molecule has 0 aliphatic heterocycles. The fraction of sp³-hybridized carbons (Fsp3) is 0.128. The number of hydrogen-bond donors (Lipinski definition) is 0. The molecule has 0 aliphatic carbocycles. The Kier molecular flexibility index (Phi) is 15.0. The van der Waals surface area contributed by atoms with Crippen LogP contribution in [0.3, 0.4) is 0 Å². The Balaban J connectivity index is 0.000000239. The van der Waals surface area contributed by atoms with Crippen LogP contribution in [0.2, 0.25) is 0 Å². The molecule has 4 heteroatoms. The van der Waals surface area contributed by atoms with E-state index < -0.39 is 0 Å². The summed E-state index contributed by atoms with van der Waals surface area (Å²) in [6, 6.07) is 42.4. The van der Waals surface area contributed by atoms with Gasteiger partial charge in [0.05, 0.1) is 0 Å². The van der Waals surface area contributed by atoms with Gasteiger partial charge in [0.25, 0.3) is 0 Å². The standard InChI is InChI=1S/C18H20N3.3C7H7.Hf/c1-12(2)21-11-10-15-8-9-16(20-18(15)21)19-17-13(3)6-5-7-14(17)4;3*1-7-5-3-2-4-6-7;/h5-12H,1-4H3;3*2-6H,1H2;/q4*-1;+4. The molecule has 6 rings (SSSR count). The van der Waals surface area contributed by atoms with Crippen LogP contribution in [0.1, 0.15) is 47.7 Å². The molecule has 2 heterocycles. The number of aromatic nitrogens is 2. The summed E-state index contributed by atoms with van der Waals surface area (Å²) < 4.78 is 2.18. The maximum absolute atomic E-state index is 4.75. The van der Waals surface area contributed by atoms with E-state index in [4.69, 9.17) is 10.3 Å². The summed E-state index contributed by atoms with van der Waals surface area (Å²) in [4.78, 5) is 4.73. The van der Waals surface area contributed by atoms with Crippen molar-refractivity contribution in [2.24, 2.45) is 0 Å². The first-order valence-electron chi connectivity index (χ1n) is 14.1. The number of hydrogen-bond acceptors (Lipinski definition) is 1. The zero-order chi connectivity index (χ0) is 30.3. The van der Waals surface area contributed by atoms with Crippen molar-refractivity contribution in [3.63, 3.8) is 0 Å². The number of para-hydroxylation sites is 1. The fourth-order valence-corrected chi connectivity index (χ4v) is 4.03. The Morgan fingerprint density at radius 1 is 0.581 bits per heavy atom. The van der Waals surface area contributed by atoms with Crippen molar-refractivity contribution in [1.82, 2.24) is 9.55 Å². The summed E-state index contributed by atoms with van der Waals surface area (Å²) in [5, 5.41) is 5.90. The second-order valence-electron chi connectivity index (χ2n) is 10.2. The van der Waals surface area contributed by atoms with E-state index in [9.17, 15) is 0 Å². The first-order valence-corrected chi connectivity index (χ1v) is 14.1. The molecule has 43 heavy (non-hydrogen) atoms. The van der Waals surface area contributed by atoms with E-state index in [0.29, 0.717) is 6.04 Å². The monoisotopic (exact) mass is 731 g/mol. The summed E-state index contributed by atoms with van der Waals surface area (Å²) in [5.74, 6) is 0.764. The molecule has 0 N–H and O–H groups in total. The first kappa shape index (κ1) is 35.0. The smallest absolute Gasteiger partial charge is 0.436 e. The van der Waals surface area contributed by atoms with Crippen molar-refractivity contribution in [3.8, 4) is 0 Å². The molecule has 0 aliphatic rings. The number of pyridine rings is 1. The Labute approximate surface area is 277 Å². The van der Waals surface area contributed by atoms with Crippen molar-refractivity contribution >= 4 is 22.5 Å². The van der Waals surface area contributed by atoms with Gasteiger partial charge in [0.1, 0.15) is 0 Å². The maximum Gasteiger partial charge on any atom is 4.00 e. The molecule has 0 fully saturated rings. The Bertz CT molecular complexity index is 1500. The van der Waals surface area contributed by atoms with Gasteiger partial charge in [-0.05, 0) is 56.0 Å². The molecular formula is C39H41HfN3. The number of rotatable bonds is 3. The SMILES string of the molecule is Cc1cccc(C)c1[N-]c1ccc2ccn(C(C)C)c2n1.[CH2-]c1ccccc1.[CH2-]c1ccccc1.[CH2-]c1ccccc1.[Hf+4]. The van der Waals surface area contributed by atoms with E-state index in [2.05, 4.69) is 89.6 Å². The number of benzene rings is 4. The van der Waals surface area contributed by atoms with Crippen LogP contribution in [-0.4, -0.2) is 9.55 Å². The molecule has 6 aromatic rings. The predicted octanol–water partition coefficient (Wildman–Crippen LogP) is 11.2. The van der Waals surface area contributed by atoms with Crippen molar-refractivity contribution in [2.75, 3.05) is 0 Å². The van der Waals surface area contributed by atoms with Crippen molar-refractivity contribution in [1.29, 1.82) is 0 Å². The fourth-order valence-electron chi connectivity index (χ4n) is 4.03. The minimum Gasteiger partial charge on any atom is -0.436 e. The van der Waals surface area contributed by atoms with Gasteiger partial charge in [-0.3, -0.25) is 0 Å². The third kappa shape index (κ3) is 11.9. The third-order valence-corrected chi connectivity index (χ3v) is 6.30. The molecule has 0 saturated heterocycles. The zero-order valence-electron chi connectivity index (χ0n) is 25.7. The summed E-state index contributed by atoms with van der Waals surface area (Å²) in [7, 11) is 0. The molecule has 0 amide bonds. The van der Waals surface area contributed by atoms with Crippen LogP contribution in [-0.2, 0) is 25.8 Å². The normalized spacial score (nSPS) is 9.70. The van der Waals surface area contributed by atoms with Crippen LogP contribution in [0.25, 0.3) is 16.4 Å². The van der Waals surface area contributed by atoms with Crippen LogP contribution in [0, 0.1) is 34.6 Å². The second-order valence-corrected chi connectivity index (χ2v) is 10.2. The summed E-state index contributed by atoms with van der Waals surface area (Å²) in [5.41, 5.74) is 7.59. The van der Waals surface area contributed by atoms with Crippen LogP contribution >= 0.6 is 0 Å². The molecule has 0 unspecified atom stereocenters. The number of nitrogens with zero attached hydrogens (tertiary/aromatic N) is 3. The summed E-state index contributed by atoms with van der Waals surface area (Å²) in [6.07, 6.45) is 2.09. The molecular weight excluding hydrogens is 689 g/mol. The largest absolute Gasteiger partial charge is 4.00 e. The van der Waals surface area contributed by atoms with Gasteiger partial charge in [0.15, 0.2) is 0 Å². The molecule has 4 aromatic carbocycles. The van der Waals surface area contributed by atoms with Crippen molar-refractivity contribution in [3.05, 3.63) is 187 Å². The summed E-state index contributed by atoms with van der Waals surface area (Å²) in [6.45, 7) is 19.7. The number of fused-ring (bicyclic) bond motifs is 1. The van der Waals surface area contributed by atoms with E-state index in [1.54, 1.807) is 0 Å². The van der Waals surface area contributed by atoms with Gasteiger partial charge in [-0.1, -0.05) is 54.3 Å². The Morgan fingerprint density at radius 2 is 1.02 bits per heavy atom. The molecule has 0 bridgehead atoms. The molecule has 2 aromatic heterocycles. The minimum atomic E-state index is 0. The Morgan fingerprint density at radius 3 is 1.40 bits per heavy atom. The Hall–Kier alpha value is -4.15. The van der Waals surface area contributed by atoms with Crippen LogP contribution in [0.4, 0.5) is 11.5 Å². The third-order valence-electron chi connectivity index (χ3n) is 6.30. The average Bonchev–Trinajstić information content (AvgIpc) is 3.41. The molecule has 0 spiro atoms. The molecule has 0 atom stereocenters. The van der Waals surface area contributed by atoms with E-state index in [1.165, 1.54) is 11.1 Å². The van der Waals surface area contributed by atoms with Crippen LogP contribution < -0.4 is 0 Å². The van der Waals surface area contributed by atoms with E-state index in [0.717, 1.165) is 39.2 Å². The van der Waals surface area contributed by atoms with Gasteiger partial charge < -0.3 is 14.9 Å². The van der Waals surface area contributed by atoms with Gasteiger partial charge in [-0.2, -0.15) is 73.9 Å². The van der Waals surface area contributed by atoms with Crippen LogP contribution in [0.5, 0.6) is 0 Å². The predicted molar refractivity (Wildman–Crippen MR) is 181 cm³/mol. The molecule has 216 valence electrons. The molecule has 3 nitrogen and oxygen atoms in total. The average molecular weight is 730 g/mol. The van der Waals surface area contributed by atoms with Gasteiger partial charge in [-0.15, -0.1) is 36.4 Å². The second kappa shape index (κ2) is 18.4. The van der Waals surface area contributed by atoms with Crippen molar-refractivity contribution < 1.29 is 25.8 Å². The van der Waals surface area contributed by atoms with E-state index in [-0.39, 0.29) is 25.8 Å². The van der Waals surface area contributed by atoms with Gasteiger partial charge >= 0.3 is 25.8 Å². The summed E-state index contributed by atoms with van der Waals surface area (Å²) >= 11 is 0. The van der Waals surface area contributed by atoms with Gasteiger partial charge in [-0.25, -0.2) is 0 Å². The number of aryl methyl sites for hydroxylation is 2. The maximum atomic E-state index is 4.75. The van der Waals surface area contributed by atoms with E-state index in [1.807, 2.05) is 97.1 Å². The molecule has 0 radical (unpaired) electrons. The molecule has 0 saturated carbocycles. The van der Waals surface area contributed by atoms with Gasteiger partial charge in [0.2, 0.25) is 0 Å². The van der Waals surface area contributed by atoms with Gasteiger partial charge in [0, 0.05) is 17.9 Å².